The smallest absolute Gasteiger partial charge is 0.203 e. The average molecular weight is 408 g/mol. The van der Waals surface area contributed by atoms with Crippen LogP contribution in [-0.2, 0) is 0 Å². The fraction of sp³-hybridized carbons (Fsp3) is 0.375. The Kier molecular flexibility index (Phi) is 6.35. The summed E-state index contributed by atoms with van der Waals surface area (Å²) in [7, 11) is 4.93. The van der Waals surface area contributed by atoms with Gasteiger partial charge in [-0.05, 0) is 42.8 Å². The minimum atomic E-state index is -0.0109. The molecule has 30 heavy (non-hydrogen) atoms. The molecule has 0 amide bonds. The van der Waals surface area contributed by atoms with Gasteiger partial charge in [-0.15, -0.1) is 0 Å². The number of rotatable bonds is 6. The maximum atomic E-state index is 5.63. The van der Waals surface area contributed by atoms with Gasteiger partial charge in [-0.25, -0.2) is 0 Å². The van der Waals surface area contributed by atoms with Gasteiger partial charge < -0.3 is 19.5 Å². The normalized spacial score (nSPS) is 16.1. The highest BCUT2D eigenvalue weighted by molar-refractivity contribution is 5.78. The number of nitrogens with one attached hydrogen (secondary N) is 1. The van der Waals surface area contributed by atoms with Crippen molar-refractivity contribution < 1.29 is 14.2 Å². The molecule has 1 aromatic heterocycles. The molecule has 0 radical (unpaired) electrons. The maximum absolute atomic E-state index is 5.63. The second-order valence-electron chi connectivity index (χ2n) is 7.43. The lowest BCUT2D eigenvalue weighted by atomic mass is 9.99. The predicted octanol–water partition coefficient (Wildman–Crippen LogP) is 3.65. The van der Waals surface area contributed by atoms with Gasteiger partial charge in [0.2, 0.25) is 5.75 Å². The van der Waals surface area contributed by atoms with Crippen LogP contribution < -0.4 is 19.5 Å². The van der Waals surface area contributed by atoms with Gasteiger partial charge in [0.15, 0.2) is 11.5 Å². The van der Waals surface area contributed by atoms with E-state index in [1.165, 1.54) is 0 Å². The lowest BCUT2D eigenvalue weighted by Gasteiger charge is -2.31. The standard InChI is InChI=1S/C24H29N3O3/c1-28-21-15-18(16-22(29-2)24(21)30-3)23(27-13-6-11-25-12-14-27)20-10-9-17-7-4-5-8-19(17)26-20/h4-5,7-10,15-16,23,25H,6,11-14H2,1-3H3. The Morgan fingerprint density at radius 3 is 2.40 bits per heavy atom. The average Bonchev–Trinajstić information content (AvgIpc) is 3.07. The number of para-hydroxylation sites is 1. The Morgan fingerprint density at radius 1 is 0.900 bits per heavy atom. The molecule has 1 N–H and O–H groups in total. The molecule has 2 heterocycles. The summed E-state index contributed by atoms with van der Waals surface area (Å²) in [5.74, 6) is 1.92. The van der Waals surface area contributed by atoms with Crippen molar-refractivity contribution in [3.63, 3.8) is 0 Å². The summed E-state index contributed by atoms with van der Waals surface area (Å²) in [4.78, 5) is 7.52. The third-order valence-electron chi connectivity index (χ3n) is 5.64. The number of pyridine rings is 1. The first-order valence-electron chi connectivity index (χ1n) is 10.4. The highest BCUT2D eigenvalue weighted by atomic mass is 16.5. The van der Waals surface area contributed by atoms with Crippen molar-refractivity contribution in [1.29, 1.82) is 0 Å². The number of aromatic nitrogens is 1. The van der Waals surface area contributed by atoms with Crippen molar-refractivity contribution >= 4 is 10.9 Å². The number of methoxy groups -OCH3 is 3. The van der Waals surface area contributed by atoms with Gasteiger partial charge in [0.1, 0.15) is 0 Å². The molecule has 0 aliphatic carbocycles. The minimum Gasteiger partial charge on any atom is -0.493 e. The molecule has 4 rings (SSSR count). The van der Waals surface area contributed by atoms with Crippen LogP contribution in [0.4, 0.5) is 0 Å². The van der Waals surface area contributed by atoms with Crippen molar-refractivity contribution in [2.24, 2.45) is 0 Å². The van der Waals surface area contributed by atoms with Crippen LogP contribution in [0.5, 0.6) is 17.2 Å². The fourth-order valence-electron chi connectivity index (χ4n) is 4.19. The molecule has 6 heteroatoms. The van der Waals surface area contributed by atoms with Gasteiger partial charge in [0.25, 0.3) is 0 Å². The van der Waals surface area contributed by atoms with Crippen molar-refractivity contribution in [2.45, 2.75) is 12.5 Å². The van der Waals surface area contributed by atoms with Gasteiger partial charge in [-0.3, -0.25) is 9.88 Å². The molecule has 1 fully saturated rings. The Labute approximate surface area is 177 Å². The molecule has 3 aromatic rings. The first kappa shape index (κ1) is 20.4. The quantitative estimate of drug-likeness (QED) is 0.673. The van der Waals surface area contributed by atoms with E-state index in [0.29, 0.717) is 17.2 Å². The van der Waals surface area contributed by atoms with Crippen LogP contribution >= 0.6 is 0 Å². The Balaban J connectivity index is 1.86. The number of benzene rings is 2. The lowest BCUT2D eigenvalue weighted by molar-refractivity contribution is 0.236. The minimum absolute atomic E-state index is 0.0109. The zero-order chi connectivity index (χ0) is 20.9. The predicted molar refractivity (Wildman–Crippen MR) is 119 cm³/mol. The van der Waals surface area contributed by atoms with Crippen LogP contribution in [0.2, 0.25) is 0 Å². The lowest BCUT2D eigenvalue weighted by Crippen LogP contribution is -2.33. The van der Waals surface area contributed by atoms with Gasteiger partial charge in [0, 0.05) is 25.0 Å². The van der Waals surface area contributed by atoms with E-state index in [2.05, 4.69) is 34.5 Å². The largest absolute Gasteiger partial charge is 0.493 e. The molecule has 0 spiro atoms. The number of nitrogens with zero attached hydrogens (tertiary/aromatic N) is 2. The molecule has 1 atom stereocenters. The summed E-state index contributed by atoms with van der Waals surface area (Å²) in [6, 6.07) is 16.6. The van der Waals surface area contributed by atoms with Gasteiger partial charge in [0.05, 0.1) is 38.6 Å². The van der Waals surface area contributed by atoms with Gasteiger partial charge >= 0.3 is 0 Å². The van der Waals surface area contributed by atoms with Gasteiger partial charge in [-0.1, -0.05) is 24.3 Å². The van der Waals surface area contributed by atoms with Crippen molar-refractivity contribution in [1.82, 2.24) is 15.2 Å². The maximum Gasteiger partial charge on any atom is 0.203 e. The summed E-state index contributed by atoms with van der Waals surface area (Å²) in [6.45, 7) is 3.91. The van der Waals surface area contributed by atoms with E-state index < -0.39 is 0 Å². The van der Waals surface area contributed by atoms with Crippen molar-refractivity contribution in [2.75, 3.05) is 47.5 Å². The fourth-order valence-corrected chi connectivity index (χ4v) is 4.19. The third kappa shape index (κ3) is 4.06. The van der Waals surface area contributed by atoms with Crippen molar-refractivity contribution in [3.8, 4) is 17.2 Å². The van der Waals surface area contributed by atoms with Crippen LogP contribution in [0.1, 0.15) is 23.7 Å². The first-order valence-corrected chi connectivity index (χ1v) is 10.4. The Bertz CT molecular complexity index is 975. The monoisotopic (exact) mass is 407 g/mol. The molecular formula is C24H29N3O3. The zero-order valence-corrected chi connectivity index (χ0v) is 17.9. The summed E-state index contributed by atoms with van der Waals surface area (Å²) in [5.41, 5.74) is 3.10. The van der Waals surface area contributed by atoms with Crippen LogP contribution in [0.25, 0.3) is 10.9 Å². The highest BCUT2D eigenvalue weighted by Crippen LogP contribution is 2.42. The number of hydrogen-bond acceptors (Lipinski definition) is 6. The zero-order valence-electron chi connectivity index (χ0n) is 17.9. The van der Waals surface area contributed by atoms with Crippen LogP contribution in [-0.4, -0.2) is 57.4 Å². The summed E-state index contributed by atoms with van der Waals surface area (Å²) < 4.78 is 16.8. The van der Waals surface area contributed by atoms with Crippen LogP contribution in [0.3, 0.4) is 0 Å². The molecule has 0 saturated carbocycles. The topological polar surface area (TPSA) is 55.9 Å². The SMILES string of the molecule is COc1cc(C(c2ccc3ccccc3n2)N2CCCNCC2)cc(OC)c1OC. The second-order valence-corrected chi connectivity index (χ2v) is 7.43. The Morgan fingerprint density at radius 2 is 1.67 bits per heavy atom. The molecule has 0 bridgehead atoms. The van der Waals surface area contributed by atoms with Crippen molar-refractivity contribution in [3.05, 3.63) is 59.8 Å². The van der Waals surface area contributed by atoms with Gasteiger partial charge in [-0.2, -0.15) is 0 Å². The number of hydrogen-bond donors (Lipinski definition) is 1. The number of fused-ring (bicyclic) bond motifs is 1. The second kappa shape index (κ2) is 9.32. The van der Waals surface area contributed by atoms with Crippen LogP contribution in [0, 0.1) is 0 Å². The van der Waals surface area contributed by atoms with Crippen LogP contribution in [0.15, 0.2) is 48.5 Å². The summed E-state index contributed by atoms with van der Waals surface area (Å²) in [5, 5.41) is 4.64. The summed E-state index contributed by atoms with van der Waals surface area (Å²) in [6.07, 6.45) is 1.09. The Hall–Kier alpha value is -2.83. The van der Waals surface area contributed by atoms with E-state index in [0.717, 1.165) is 54.8 Å². The first-order chi connectivity index (χ1) is 14.7. The molecule has 6 nitrogen and oxygen atoms in total. The van der Waals surface area contributed by atoms with E-state index in [9.17, 15) is 0 Å². The van der Waals surface area contributed by atoms with E-state index in [4.69, 9.17) is 19.2 Å². The molecule has 1 saturated heterocycles. The molecule has 1 unspecified atom stereocenters. The highest BCUT2D eigenvalue weighted by Gasteiger charge is 2.27. The molecule has 1 aliphatic rings. The van der Waals surface area contributed by atoms with E-state index in [1.54, 1.807) is 21.3 Å². The molecule has 2 aromatic carbocycles. The summed E-state index contributed by atoms with van der Waals surface area (Å²) >= 11 is 0. The number of ether oxygens (including phenoxy) is 3. The molecular weight excluding hydrogens is 378 g/mol. The van der Waals surface area contributed by atoms with E-state index in [1.807, 2.05) is 24.3 Å². The molecule has 1 aliphatic heterocycles. The molecule has 158 valence electrons. The van der Waals surface area contributed by atoms with E-state index >= 15 is 0 Å². The van der Waals surface area contributed by atoms with E-state index in [-0.39, 0.29) is 6.04 Å². The third-order valence-corrected chi connectivity index (χ3v) is 5.64.